The third kappa shape index (κ3) is 4.77. The zero-order chi connectivity index (χ0) is 21.8. The van der Waals surface area contributed by atoms with Crippen LogP contribution < -0.4 is 10.1 Å². The molecule has 2 heterocycles. The maximum atomic E-state index is 12.8. The highest BCUT2D eigenvalue weighted by atomic mass is 16.5. The fraction of sp³-hybridized carbons (Fsp3) is 0.292. The van der Waals surface area contributed by atoms with Crippen LogP contribution in [-0.4, -0.2) is 42.1 Å². The number of piperidine rings is 1. The van der Waals surface area contributed by atoms with E-state index >= 15 is 0 Å². The molecule has 7 heteroatoms. The van der Waals surface area contributed by atoms with Crippen molar-refractivity contribution in [1.82, 2.24) is 10.1 Å². The number of amides is 2. The number of likely N-dealkylation sites (tertiary alicyclic amines) is 1. The second-order valence-corrected chi connectivity index (χ2v) is 7.71. The number of anilines is 1. The first-order chi connectivity index (χ1) is 15.0. The normalized spacial score (nSPS) is 16.1. The SMILES string of the molecule is COc1cccc(-c2ccc(NC(=O)C3CCCN(C(=O)c4cc(C)on4)C3)cc2)c1. The Kier molecular flexibility index (Phi) is 6.02. The van der Waals surface area contributed by atoms with Crippen LogP contribution in [0, 0.1) is 12.8 Å². The molecule has 3 aromatic rings. The van der Waals surface area contributed by atoms with Crippen molar-refractivity contribution in [3.05, 3.63) is 66.1 Å². The lowest BCUT2D eigenvalue weighted by atomic mass is 9.96. The Morgan fingerprint density at radius 1 is 1.13 bits per heavy atom. The molecular weight excluding hydrogens is 394 g/mol. The second-order valence-electron chi connectivity index (χ2n) is 7.71. The number of hydrogen-bond donors (Lipinski definition) is 1. The van der Waals surface area contributed by atoms with Gasteiger partial charge in [0.25, 0.3) is 5.91 Å². The molecule has 31 heavy (non-hydrogen) atoms. The van der Waals surface area contributed by atoms with Gasteiger partial charge in [-0.3, -0.25) is 9.59 Å². The van der Waals surface area contributed by atoms with Gasteiger partial charge in [-0.1, -0.05) is 29.4 Å². The van der Waals surface area contributed by atoms with Gasteiger partial charge in [-0.25, -0.2) is 0 Å². The summed E-state index contributed by atoms with van der Waals surface area (Å²) in [6.45, 7) is 2.73. The summed E-state index contributed by atoms with van der Waals surface area (Å²) in [5.41, 5.74) is 3.09. The number of aromatic nitrogens is 1. The van der Waals surface area contributed by atoms with Gasteiger partial charge in [0, 0.05) is 24.8 Å². The first-order valence-electron chi connectivity index (χ1n) is 10.3. The van der Waals surface area contributed by atoms with Gasteiger partial charge in [0.2, 0.25) is 5.91 Å². The van der Waals surface area contributed by atoms with E-state index < -0.39 is 0 Å². The molecule has 2 amide bonds. The van der Waals surface area contributed by atoms with Crippen LogP contribution in [0.4, 0.5) is 5.69 Å². The van der Waals surface area contributed by atoms with Crippen molar-refractivity contribution >= 4 is 17.5 Å². The van der Waals surface area contributed by atoms with Crippen LogP contribution in [0.3, 0.4) is 0 Å². The summed E-state index contributed by atoms with van der Waals surface area (Å²) in [7, 11) is 1.64. The molecule has 160 valence electrons. The summed E-state index contributed by atoms with van der Waals surface area (Å²) < 4.78 is 10.3. The number of nitrogens with zero attached hydrogens (tertiary/aromatic N) is 2. The Morgan fingerprint density at radius 2 is 1.94 bits per heavy atom. The molecule has 0 saturated carbocycles. The first-order valence-corrected chi connectivity index (χ1v) is 10.3. The average Bonchev–Trinajstić information content (AvgIpc) is 3.25. The number of carbonyl (C=O) groups is 2. The summed E-state index contributed by atoms with van der Waals surface area (Å²) in [5, 5.41) is 6.78. The first kappa shape index (κ1) is 20.7. The largest absolute Gasteiger partial charge is 0.497 e. The summed E-state index contributed by atoms with van der Waals surface area (Å²) in [6.07, 6.45) is 1.52. The molecule has 1 aromatic heterocycles. The van der Waals surface area contributed by atoms with E-state index in [1.54, 1.807) is 25.0 Å². The molecule has 0 spiro atoms. The minimum absolute atomic E-state index is 0.0806. The Balaban J connectivity index is 1.39. The summed E-state index contributed by atoms with van der Waals surface area (Å²) in [6, 6.07) is 17.2. The molecule has 2 aromatic carbocycles. The zero-order valence-corrected chi connectivity index (χ0v) is 17.6. The van der Waals surface area contributed by atoms with E-state index in [0.717, 1.165) is 35.4 Å². The standard InChI is InChI=1S/C24H25N3O4/c1-16-13-22(26-31-16)24(29)27-12-4-6-19(15-27)23(28)25-20-10-8-17(9-11-20)18-5-3-7-21(14-18)30-2/h3,5,7-11,13-14,19H,4,6,12,15H2,1-2H3,(H,25,28). The van der Waals surface area contributed by atoms with Gasteiger partial charge in [0.1, 0.15) is 11.5 Å². The lowest BCUT2D eigenvalue weighted by Gasteiger charge is -2.31. The van der Waals surface area contributed by atoms with Gasteiger partial charge in [0.15, 0.2) is 5.69 Å². The van der Waals surface area contributed by atoms with E-state index in [4.69, 9.17) is 9.26 Å². The highest BCUT2D eigenvalue weighted by Crippen LogP contribution is 2.26. The number of carbonyl (C=O) groups excluding carboxylic acids is 2. The molecule has 1 saturated heterocycles. The number of ether oxygens (including phenoxy) is 1. The van der Waals surface area contributed by atoms with Crippen molar-refractivity contribution in [2.75, 3.05) is 25.5 Å². The molecule has 0 bridgehead atoms. The number of nitrogens with one attached hydrogen (secondary N) is 1. The quantitative estimate of drug-likeness (QED) is 0.672. The molecule has 1 aliphatic heterocycles. The third-order valence-electron chi connectivity index (χ3n) is 5.48. The third-order valence-corrected chi connectivity index (χ3v) is 5.48. The molecule has 1 N–H and O–H groups in total. The molecule has 1 aliphatic rings. The maximum Gasteiger partial charge on any atom is 0.276 e. The highest BCUT2D eigenvalue weighted by molar-refractivity contribution is 5.95. The number of benzene rings is 2. The van der Waals surface area contributed by atoms with E-state index in [9.17, 15) is 9.59 Å². The lowest BCUT2D eigenvalue weighted by molar-refractivity contribution is -0.121. The van der Waals surface area contributed by atoms with Gasteiger partial charge in [-0.05, 0) is 55.2 Å². The van der Waals surface area contributed by atoms with E-state index in [1.165, 1.54) is 0 Å². The number of rotatable bonds is 5. The lowest BCUT2D eigenvalue weighted by Crippen LogP contribution is -2.43. The molecular formula is C24H25N3O4. The second kappa shape index (κ2) is 9.04. The van der Waals surface area contributed by atoms with E-state index in [1.807, 2.05) is 48.5 Å². The molecule has 1 atom stereocenters. The van der Waals surface area contributed by atoms with Crippen LogP contribution in [-0.2, 0) is 4.79 Å². The molecule has 0 radical (unpaired) electrons. The van der Waals surface area contributed by atoms with Gasteiger partial charge in [0.05, 0.1) is 13.0 Å². The smallest absolute Gasteiger partial charge is 0.276 e. The molecule has 0 aliphatic carbocycles. The van der Waals surface area contributed by atoms with Crippen LogP contribution in [0.2, 0.25) is 0 Å². The minimum Gasteiger partial charge on any atom is -0.497 e. The van der Waals surface area contributed by atoms with Gasteiger partial charge >= 0.3 is 0 Å². The monoisotopic (exact) mass is 419 g/mol. The Morgan fingerprint density at radius 3 is 2.65 bits per heavy atom. The topological polar surface area (TPSA) is 84.7 Å². The summed E-state index contributed by atoms with van der Waals surface area (Å²) >= 11 is 0. The van der Waals surface area contributed by atoms with Crippen LogP contribution in [0.25, 0.3) is 11.1 Å². The summed E-state index contributed by atoms with van der Waals surface area (Å²) in [5.74, 6) is 0.850. The molecule has 1 fully saturated rings. The van der Waals surface area contributed by atoms with E-state index in [-0.39, 0.29) is 23.4 Å². The van der Waals surface area contributed by atoms with Crippen LogP contribution in [0.1, 0.15) is 29.1 Å². The fourth-order valence-electron chi connectivity index (χ4n) is 3.80. The highest BCUT2D eigenvalue weighted by Gasteiger charge is 2.30. The van der Waals surface area contributed by atoms with Gasteiger partial charge in [-0.15, -0.1) is 0 Å². The van der Waals surface area contributed by atoms with Gasteiger partial charge < -0.3 is 19.5 Å². The Labute approximate surface area is 181 Å². The number of aryl methyl sites for hydroxylation is 1. The average molecular weight is 419 g/mol. The predicted octanol–water partition coefficient (Wildman–Crippen LogP) is 4.15. The predicted molar refractivity (Wildman–Crippen MR) is 117 cm³/mol. The van der Waals surface area contributed by atoms with Crippen molar-refractivity contribution in [2.45, 2.75) is 19.8 Å². The fourth-order valence-corrected chi connectivity index (χ4v) is 3.80. The van der Waals surface area contributed by atoms with Crippen molar-refractivity contribution in [3.63, 3.8) is 0 Å². The van der Waals surface area contributed by atoms with Crippen LogP contribution in [0.15, 0.2) is 59.1 Å². The van der Waals surface area contributed by atoms with Crippen molar-refractivity contribution in [3.8, 4) is 16.9 Å². The van der Waals surface area contributed by atoms with Crippen molar-refractivity contribution < 1.29 is 18.8 Å². The van der Waals surface area contributed by atoms with Crippen LogP contribution in [0.5, 0.6) is 5.75 Å². The zero-order valence-electron chi connectivity index (χ0n) is 17.6. The van der Waals surface area contributed by atoms with Crippen molar-refractivity contribution in [2.24, 2.45) is 5.92 Å². The number of methoxy groups -OCH3 is 1. The Hall–Kier alpha value is -3.61. The molecule has 4 rings (SSSR count). The Bertz CT molecular complexity index is 1070. The molecule has 7 nitrogen and oxygen atoms in total. The number of hydrogen-bond acceptors (Lipinski definition) is 5. The van der Waals surface area contributed by atoms with Gasteiger partial charge in [-0.2, -0.15) is 0 Å². The van der Waals surface area contributed by atoms with Crippen LogP contribution >= 0.6 is 0 Å². The molecule has 1 unspecified atom stereocenters. The minimum atomic E-state index is -0.260. The van der Waals surface area contributed by atoms with E-state index in [0.29, 0.717) is 18.8 Å². The summed E-state index contributed by atoms with van der Waals surface area (Å²) in [4.78, 5) is 27.1. The maximum absolute atomic E-state index is 12.8. The van der Waals surface area contributed by atoms with E-state index in [2.05, 4.69) is 10.5 Å². The van der Waals surface area contributed by atoms with Crippen molar-refractivity contribution in [1.29, 1.82) is 0 Å².